The number of aliphatic hydroxyl groups is 1. The number of hydrogen-bond donors (Lipinski definition) is 1. The van der Waals surface area contributed by atoms with E-state index in [2.05, 4.69) is 0 Å². The van der Waals surface area contributed by atoms with Crippen LogP contribution in [0.25, 0.3) is 0 Å². The summed E-state index contributed by atoms with van der Waals surface area (Å²) in [6.45, 7) is 6.21. The van der Waals surface area contributed by atoms with Gasteiger partial charge in [0.2, 0.25) is 0 Å². The van der Waals surface area contributed by atoms with Crippen LogP contribution < -0.4 is 0 Å². The van der Waals surface area contributed by atoms with E-state index in [0.717, 1.165) is 0 Å². The predicted molar refractivity (Wildman–Crippen MR) is 44.9 cm³/mol. The highest BCUT2D eigenvalue weighted by atomic mass is 16.6. The molecule has 0 heterocycles. The summed E-state index contributed by atoms with van der Waals surface area (Å²) in [5.74, 6) is 0. The number of rotatable bonds is 8. The van der Waals surface area contributed by atoms with Gasteiger partial charge in [0.15, 0.2) is 6.29 Å². The van der Waals surface area contributed by atoms with Crippen LogP contribution >= 0.6 is 0 Å². The van der Waals surface area contributed by atoms with Crippen molar-refractivity contribution in [1.29, 1.82) is 0 Å². The number of ether oxygens (including phenoxy) is 3. The monoisotopic (exact) mass is 178 g/mol. The Morgan fingerprint density at radius 2 is 1.75 bits per heavy atom. The Morgan fingerprint density at radius 1 is 1.08 bits per heavy atom. The van der Waals surface area contributed by atoms with Crippen LogP contribution in [0.2, 0.25) is 0 Å². The molecule has 12 heavy (non-hydrogen) atoms. The third-order valence-electron chi connectivity index (χ3n) is 1.20. The van der Waals surface area contributed by atoms with Gasteiger partial charge in [-0.2, -0.15) is 0 Å². The van der Waals surface area contributed by atoms with Crippen LogP contribution in [0.5, 0.6) is 0 Å². The van der Waals surface area contributed by atoms with Gasteiger partial charge in [-0.3, -0.25) is 0 Å². The average Bonchev–Trinajstić information content (AvgIpc) is 2.05. The first-order chi connectivity index (χ1) is 5.81. The van der Waals surface area contributed by atoms with Gasteiger partial charge in [-0.1, -0.05) is 0 Å². The summed E-state index contributed by atoms with van der Waals surface area (Å²) < 4.78 is 14.9. The summed E-state index contributed by atoms with van der Waals surface area (Å²) in [4.78, 5) is 0. The molecular formula is C8H18O4. The number of hydrogen-bond acceptors (Lipinski definition) is 4. The predicted octanol–water partition coefficient (Wildman–Crippen LogP) is 0.394. The second kappa shape index (κ2) is 8.93. The van der Waals surface area contributed by atoms with E-state index in [0.29, 0.717) is 26.4 Å². The Balaban J connectivity index is 2.97. The van der Waals surface area contributed by atoms with Crippen LogP contribution in [0.3, 0.4) is 0 Å². The van der Waals surface area contributed by atoms with Gasteiger partial charge in [0, 0.05) is 13.2 Å². The smallest absolute Gasteiger partial charge is 0.178 e. The summed E-state index contributed by atoms with van der Waals surface area (Å²) in [7, 11) is 0. The van der Waals surface area contributed by atoms with Gasteiger partial charge in [0.25, 0.3) is 0 Å². The molecule has 0 saturated heterocycles. The van der Waals surface area contributed by atoms with E-state index < -0.39 is 6.29 Å². The molecule has 0 aromatic rings. The molecule has 0 rings (SSSR count). The molecule has 0 saturated carbocycles. The standard InChI is InChI=1S/C8H18O4/c1-3-10-5-6-11-7-8(9)12-4-2/h8-9H,3-7H2,1-2H3. The average molecular weight is 178 g/mol. The molecule has 0 aliphatic carbocycles. The summed E-state index contributed by atoms with van der Waals surface area (Å²) in [6.07, 6.45) is -0.809. The maximum Gasteiger partial charge on any atom is 0.178 e. The van der Waals surface area contributed by atoms with Gasteiger partial charge in [0.05, 0.1) is 19.8 Å². The molecule has 1 N–H and O–H groups in total. The normalized spacial score (nSPS) is 13.2. The molecule has 0 radical (unpaired) electrons. The van der Waals surface area contributed by atoms with Gasteiger partial charge in [0.1, 0.15) is 0 Å². The van der Waals surface area contributed by atoms with E-state index in [1.807, 2.05) is 13.8 Å². The molecule has 4 heteroatoms. The molecule has 4 nitrogen and oxygen atoms in total. The Labute approximate surface area is 73.4 Å². The fourth-order valence-corrected chi connectivity index (χ4v) is 0.687. The zero-order valence-corrected chi connectivity index (χ0v) is 7.78. The Kier molecular flexibility index (Phi) is 8.81. The van der Waals surface area contributed by atoms with E-state index >= 15 is 0 Å². The first-order valence-corrected chi connectivity index (χ1v) is 4.26. The molecule has 0 bridgehead atoms. The summed E-state index contributed by atoms with van der Waals surface area (Å²) in [5.41, 5.74) is 0. The highest BCUT2D eigenvalue weighted by molar-refractivity contribution is 4.36. The van der Waals surface area contributed by atoms with Crippen LogP contribution in [0.1, 0.15) is 13.8 Å². The van der Waals surface area contributed by atoms with Crippen molar-refractivity contribution < 1.29 is 19.3 Å². The molecule has 0 aliphatic heterocycles. The third kappa shape index (κ3) is 7.94. The molecule has 74 valence electrons. The second-order valence-corrected chi connectivity index (χ2v) is 2.18. The molecule has 0 aromatic heterocycles. The van der Waals surface area contributed by atoms with Crippen LogP contribution in [-0.2, 0) is 14.2 Å². The van der Waals surface area contributed by atoms with Crippen molar-refractivity contribution in [3.8, 4) is 0 Å². The fraction of sp³-hybridized carbons (Fsp3) is 1.00. The third-order valence-corrected chi connectivity index (χ3v) is 1.20. The first kappa shape index (κ1) is 11.8. The van der Waals surface area contributed by atoms with E-state index in [4.69, 9.17) is 19.3 Å². The molecule has 0 aliphatic rings. The van der Waals surface area contributed by atoms with Crippen molar-refractivity contribution in [3.63, 3.8) is 0 Å². The maximum atomic E-state index is 9.02. The lowest BCUT2D eigenvalue weighted by molar-refractivity contribution is -0.137. The molecular weight excluding hydrogens is 160 g/mol. The zero-order valence-electron chi connectivity index (χ0n) is 7.78. The lowest BCUT2D eigenvalue weighted by Gasteiger charge is -2.10. The van der Waals surface area contributed by atoms with Crippen LogP contribution in [0, 0.1) is 0 Å². The zero-order chi connectivity index (χ0) is 9.23. The van der Waals surface area contributed by atoms with Crippen LogP contribution in [0.15, 0.2) is 0 Å². The number of aliphatic hydroxyl groups excluding tert-OH is 1. The highest BCUT2D eigenvalue weighted by Gasteiger charge is 2.01. The topological polar surface area (TPSA) is 47.9 Å². The lowest BCUT2D eigenvalue weighted by atomic mass is 10.6. The highest BCUT2D eigenvalue weighted by Crippen LogP contribution is 1.88. The van der Waals surface area contributed by atoms with Gasteiger partial charge in [-0.05, 0) is 13.8 Å². The van der Waals surface area contributed by atoms with Gasteiger partial charge in [-0.15, -0.1) is 0 Å². The van der Waals surface area contributed by atoms with Crippen LogP contribution in [0.4, 0.5) is 0 Å². The van der Waals surface area contributed by atoms with Crippen LogP contribution in [-0.4, -0.2) is 44.4 Å². The van der Waals surface area contributed by atoms with E-state index in [-0.39, 0.29) is 6.61 Å². The molecule has 0 aromatic carbocycles. The van der Waals surface area contributed by atoms with Crippen molar-refractivity contribution >= 4 is 0 Å². The second-order valence-electron chi connectivity index (χ2n) is 2.18. The minimum Gasteiger partial charge on any atom is -0.379 e. The van der Waals surface area contributed by atoms with Crippen molar-refractivity contribution in [2.45, 2.75) is 20.1 Å². The summed E-state index contributed by atoms with van der Waals surface area (Å²) in [6, 6.07) is 0. The Hall–Kier alpha value is -0.160. The first-order valence-electron chi connectivity index (χ1n) is 4.26. The SMILES string of the molecule is CCOCCOCC(O)OCC. The molecule has 0 amide bonds. The van der Waals surface area contributed by atoms with E-state index in [1.165, 1.54) is 0 Å². The maximum absolute atomic E-state index is 9.02. The molecule has 0 spiro atoms. The Morgan fingerprint density at radius 3 is 2.33 bits per heavy atom. The minimum atomic E-state index is -0.809. The minimum absolute atomic E-state index is 0.209. The summed E-state index contributed by atoms with van der Waals surface area (Å²) in [5, 5.41) is 9.02. The lowest BCUT2D eigenvalue weighted by Crippen LogP contribution is -2.20. The Bertz CT molecular complexity index is 87.1. The van der Waals surface area contributed by atoms with E-state index in [9.17, 15) is 0 Å². The molecule has 0 fully saturated rings. The summed E-state index contributed by atoms with van der Waals surface area (Å²) >= 11 is 0. The molecule has 1 unspecified atom stereocenters. The van der Waals surface area contributed by atoms with Crippen molar-refractivity contribution in [2.75, 3.05) is 33.0 Å². The van der Waals surface area contributed by atoms with Crippen molar-refractivity contribution in [2.24, 2.45) is 0 Å². The quantitative estimate of drug-likeness (QED) is 0.431. The van der Waals surface area contributed by atoms with Crippen molar-refractivity contribution in [3.05, 3.63) is 0 Å². The fourth-order valence-electron chi connectivity index (χ4n) is 0.687. The largest absolute Gasteiger partial charge is 0.379 e. The molecule has 1 atom stereocenters. The van der Waals surface area contributed by atoms with Crippen molar-refractivity contribution in [1.82, 2.24) is 0 Å². The van der Waals surface area contributed by atoms with Gasteiger partial charge < -0.3 is 19.3 Å². The van der Waals surface area contributed by atoms with E-state index in [1.54, 1.807) is 0 Å². The van der Waals surface area contributed by atoms with Gasteiger partial charge in [-0.25, -0.2) is 0 Å². The van der Waals surface area contributed by atoms with Gasteiger partial charge >= 0.3 is 0 Å².